The molecule has 33 heavy (non-hydrogen) atoms. The molecule has 1 fully saturated rings. The molecule has 0 unspecified atom stereocenters. The highest BCUT2D eigenvalue weighted by molar-refractivity contribution is 9.10. The van der Waals surface area contributed by atoms with Crippen LogP contribution in [0.15, 0.2) is 39.7 Å². The van der Waals surface area contributed by atoms with Crippen LogP contribution in [0.4, 0.5) is 10.5 Å². The Kier molecular flexibility index (Phi) is 8.20. The van der Waals surface area contributed by atoms with Crippen LogP contribution in [0.5, 0.6) is 11.5 Å². The van der Waals surface area contributed by atoms with E-state index < -0.39 is 17.1 Å². The van der Waals surface area contributed by atoms with Gasteiger partial charge in [-0.2, -0.15) is 0 Å². The van der Waals surface area contributed by atoms with Crippen LogP contribution in [-0.4, -0.2) is 41.7 Å². The summed E-state index contributed by atoms with van der Waals surface area (Å²) < 4.78 is 12.0. The molecule has 1 saturated heterocycles. The van der Waals surface area contributed by atoms with Crippen molar-refractivity contribution in [1.29, 1.82) is 0 Å². The molecular weight excluding hydrogens is 508 g/mol. The van der Waals surface area contributed by atoms with E-state index in [-0.39, 0.29) is 11.4 Å². The summed E-state index contributed by atoms with van der Waals surface area (Å²) in [6.45, 7) is 8.17. The van der Waals surface area contributed by atoms with Crippen molar-refractivity contribution in [2.45, 2.75) is 27.7 Å². The minimum absolute atomic E-state index is 0.234. The van der Waals surface area contributed by atoms with Gasteiger partial charge in [0.05, 0.1) is 22.6 Å². The summed E-state index contributed by atoms with van der Waals surface area (Å²) in [5.41, 5.74) is 3.31. The summed E-state index contributed by atoms with van der Waals surface area (Å²) in [6.07, 6.45) is 1.61. The maximum atomic E-state index is 12.8. The lowest BCUT2D eigenvalue weighted by Crippen LogP contribution is -2.36. The molecule has 1 heterocycles. The summed E-state index contributed by atoms with van der Waals surface area (Å²) in [5.74, 6) is 0.161. The van der Waals surface area contributed by atoms with E-state index in [1.807, 2.05) is 45.9 Å². The fourth-order valence-electron chi connectivity index (χ4n) is 3.40. The highest BCUT2D eigenvalue weighted by Gasteiger charge is 2.36. The van der Waals surface area contributed by atoms with Gasteiger partial charge >= 0.3 is 0 Å². The first-order valence-electron chi connectivity index (χ1n) is 10.4. The largest absolute Gasteiger partial charge is 0.490 e. The number of anilines is 1. The number of carbonyl (C=O) groups is 3. The third kappa shape index (κ3) is 6.17. The molecule has 0 saturated carbocycles. The van der Waals surface area contributed by atoms with Gasteiger partial charge in [0.25, 0.3) is 11.1 Å². The van der Waals surface area contributed by atoms with Crippen molar-refractivity contribution in [3.63, 3.8) is 0 Å². The van der Waals surface area contributed by atoms with Crippen LogP contribution >= 0.6 is 27.7 Å². The standard InChI is InChI=1S/C24H25BrN2O5S/c1-5-31-19-11-16(10-18(25)22(19)32-6-2)12-20-23(29)27(24(30)33-20)13-21(28)26-17-8-14(3)7-15(4)9-17/h7-12H,5-6,13H2,1-4H3,(H,26,28)/b20-12+. The van der Waals surface area contributed by atoms with Crippen molar-refractivity contribution < 1.29 is 23.9 Å². The smallest absolute Gasteiger partial charge is 0.294 e. The second kappa shape index (κ2) is 10.9. The molecule has 2 aromatic carbocycles. The topological polar surface area (TPSA) is 84.9 Å². The number of amides is 3. The first-order valence-corrected chi connectivity index (χ1v) is 12.1. The van der Waals surface area contributed by atoms with E-state index in [9.17, 15) is 14.4 Å². The van der Waals surface area contributed by atoms with Crippen molar-refractivity contribution in [2.75, 3.05) is 25.1 Å². The van der Waals surface area contributed by atoms with Crippen LogP contribution in [0.2, 0.25) is 0 Å². The summed E-state index contributed by atoms with van der Waals surface area (Å²) in [6, 6.07) is 9.19. The molecule has 1 aliphatic rings. The van der Waals surface area contributed by atoms with Crippen molar-refractivity contribution in [1.82, 2.24) is 4.90 Å². The van der Waals surface area contributed by atoms with Crippen molar-refractivity contribution in [3.05, 3.63) is 56.4 Å². The zero-order chi connectivity index (χ0) is 24.1. The average Bonchev–Trinajstić information content (AvgIpc) is 2.97. The Bertz CT molecular complexity index is 1110. The third-order valence-corrected chi connectivity index (χ3v) is 6.10. The van der Waals surface area contributed by atoms with Gasteiger partial charge in [0, 0.05) is 5.69 Å². The quantitative estimate of drug-likeness (QED) is 0.449. The second-order valence-corrected chi connectivity index (χ2v) is 9.24. The van der Waals surface area contributed by atoms with Crippen molar-refractivity contribution in [2.24, 2.45) is 0 Å². The van der Waals surface area contributed by atoms with Gasteiger partial charge in [-0.3, -0.25) is 19.3 Å². The minimum atomic E-state index is -0.511. The molecule has 3 amide bonds. The summed E-state index contributed by atoms with van der Waals surface area (Å²) in [7, 11) is 0. The lowest BCUT2D eigenvalue weighted by molar-refractivity contribution is -0.127. The van der Waals surface area contributed by atoms with E-state index in [1.54, 1.807) is 18.2 Å². The normalized spacial score (nSPS) is 14.7. The van der Waals surface area contributed by atoms with Gasteiger partial charge in [-0.15, -0.1) is 0 Å². The van der Waals surface area contributed by atoms with E-state index >= 15 is 0 Å². The summed E-state index contributed by atoms with van der Waals surface area (Å²) >= 11 is 4.28. The number of hydrogen-bond donors (Lipinski definition) is 1. The summed E-state index contributed by atoms with van der Waals surface area (Å²) in [4.78, 5) is 39.0. The van der Waals surface area contributed by atoms with Crippen molar-refractivity contribution in [3.8, 4) is 11.5 Å². The van der Waals surface area contributed by atoms with Gasteiger partial charge in [-0.05, 0) is 102 Å². The van der Waals surface area contributed by atoms with E-state index in [2.05, 4.69) is 21.2 Å². The van der Waals surface area contributed by atoms with Crippen LogP contribution in [0.25, 0.3) is 6.08 Å². The molecule has 0 aromatic heterocycles. The lowest BCUT2D eigenvalue weighted by atomic mass is 10.1. The fourth-order valence-corrected chi connectivity index (χ4v) is 4.81. The molecular formula is C24H25BrN2O5S. The summed E-state index contributed by atoms with van der Waals surface area (Å²) in [5, 5.41) is 2.26. The first-order chi connectivity index (χ1) is 15.7. The van der Waals surface area contributed by atoms with Gasteiger partial charge in [0.1, 0.15) is 6.54 Å². The number of thioether (sulfide) groups is 1. The van der Waals surface area contributed by atoms with Crippen LogP contribution in [0.1, 0.15) is 30.5 Å². The second-order valence-electron chi connectivity index (χ2n) is 7.39. The molecule has 2 aromatic rings. The molecule has 3 rings (SSSR count). The molecule has 0 atom stereocenters. The Hall–Kier alpha value is -2.78. The Balaban J connectivity index is 1.77. The zero-order valence-electron chi connectivity index (χ0n) is 18.9. The molecule has 7 nitrogen and oxygen atoms in total. The number of imide groups is 1. The number of rotatable bonds is 8. The number of benzene rings is 2. The number of aryl methyl sites for hydroxylation is 2. The number of hydrogen-bond acceptors (Lipinski definition) is 6. The minimum Gasteiger partial charge on any atom is -0.490 e. The first kappa shape index (κ1) is 24.9. The highest BCUT2D eigenvalue weighted by atomic mass is 79.9. The number of halogens is 1. The Morgan fingerprint density at radius 3 is 2.36 bits per heavy atom. The predicted octanol–water partition coefficient (Wildman–Crippen LogP) is 5.54. The lowest BCUT2D eigenvalue weighted by Gasteiger charge is -2.14. The van der Waals surface area contributed by atoms with Crippen LogP contribution in [-0.2, 0) is 9.59 Å². The van der Waals surface area contributed by atoms with E-state index in [4.69, 9.17) is 9.47 Å². The average molecular weight is 533 g/mol. The Morgan fingerprint density at radius 2 is 1.73 bits per heavy atom. The zero-order valence-corrected chi connectivity index (χ0v) is 21.3. The fraction of sp³-hybridized carbons (Fsp3) is 0.292. The highest BCUT2D eigenvalue weighted by Crippen LogP contribution is 2.39. The maximum Gasteiger partial charge on any atom is 0.294 e. The molecule has 0 spiro atoms. The van der Waals surface area contributed by atoms with E-state index in [0.717, 1.165) is 27.8 Å². The third-order valence-electron chi connectivity index (χ3n) is 4.60. The van der Waals surface area contributed by atoms with Gasteiger partial charge in [-0.1, -0.05) is 6.07 Å². The van der Waals surface area contributed by atoms with Crippen LogP contribution < -0.4 is 14.8 Å². The monoisotopic (exact) mass is 532 g/mol. The molecule has 9 heteroatoms. The Labute approximate surface area is 205 Å². The maximum absolute atomic E-state index is 12.8. The molecule has 1 aliphatic heterocycles. The van der Waals surface area contributed by atoms with Crippen LogP contribution in [0, 0.1) is 13.8 Å². The number of nitrogens with one attached hydrogen (secondary N) is 1. The molecule has 0 aliphatic carbocycles. The number of carbonyl (C=O) groups excluding carboxylic acids is 3. The van der Waals surface area contributed by atoms with Gasteiger partial charge in [0.15, 0.2) is 11.5 Å². The van der Waals surface area contributed by atoms with E-state index in [0.29, 0.717) is 40.4 Å². The van der Waals surface area contributed by atoms with Crippen molar-refractivity contribution >= 4 is 56.5 Å². The van der Waals surface area contributed by atoms with Crippen LogP contribution in [0.3, 0.4) is 0 Å². The van der Waals surface area contributed by atoms with E-state index in [1.165, 1.54) is 0 Å². The Morgan fingerprint density at radius 1 is 1.06 bits per heavy atom. The number of nitrogens with zero attached hydrogens (tertiary/aromatic N) is 1. The SMILES string of the molecule is CCOc1cc(/C=C2/SC(=O)N(CC(=O)Nc3cc(C)cc(C)c3)C2=O)cc(Br)c1OCC. The number of ether oxygens (including phenoxy) is 2. The predicted molar refractivity (Wildman–Crippen MR) is 134 cm³/mol. The molecule has 1 N–H and O–H groups in total. The van der Waals surface area contributed by atoms with Gasteiger partial charge in [-0.25, -0.2) is 0 Å². The van der Waals surface area contributed by atoms with Gasteiger partial charge < -0.3 is 14.8 Å². The molecule has 174 valence electrons. The molecule has 0 radical (unpaired) electrons. The van der Waals surface area contributed by atoms with Gasteiger partial charge in [0.2, 0.25) is 5.91 Å². The molecule has 0 bridgehead atoms.